The maximum atomic E-state index is 11.9. The lowest BCUT2D eigenvalue weighted by Crippen LogP contribution is -2.13. The van der Waals surface area contributed by atoms with E-state index in [1.54, 1.807) is 7.05 Å². The summed E-state index contributed by atoms with van der Waals surface area (Å²) in [6.45, 7) is 0. The second-order valence-electron chi connectivity index (χ2n) is 3.18. The number of hydrogen-bond acceptors (Lipinski definition) is 5. The Labute approximate surface area is 106 Å². The van der Waals surface area contributed by atoms with Crippen molar-refractivity contribution in [3.63, 3.8) is 0 Å². The van der Waals surface area contributed by atoms with E-state index in [1.165, 1.54) is 29.5 Å². The van der Waals surface area contributed by atoms with Crippen molar-refractivity contribution in [2.75, 3.05) is 4.72 Å². The quantitative estimate of drug-likeness (QED) is 0.903. The van der Waals surface area contributed by atoms with E-state index < -0.39 is 10.0 Å². The van der Waals surface area contributed by atoms with Crippen molar-refractivity contribution in [1.29, 1.82) is 0 Å². The van der Waals surface area contributed by atoms with Gasteiger partial charge < -0.3 is 0 Å². The van der Waals surface area contributed by atoms with Crippen molar-refractivity contribution < 1.29 is 8.42 Å². The van der Waals surface area contributed by atoms with Crippen molar-refractivity contribution in [3.8, 4) is 0 Å². The summed E-state index contributed by atoms with van der Waals surface area (Å²) in [6.07, 6.45) is 5.38. The minimum Gasteiger partial charge on any atom is -0.274 e. The van der Waals surface area contributed by atoms with Crippen LogP contribution in [0.3, 0.4) is 0 Å². The minimum absolute atomic E-state index is 0.0738. The van der Waals surface area contributed by atoms with Crippen LogP contribution in [0.2, 0.25) is 0 Å². The highest BCUT2D eigenvalue weighted by atomic mass is 79.9. The van der Waals surface area contributed by atoms with Gasteiger partial charge in [-0.25, -0.2) is 18.4 Å². The highest BCUT2D eigenvalue weighted by molar-refractivity contribution is 9.10. The van der Waals surface area contributed by atoms with Crippen LogP contribution in [0.15, 0.2) is 34.3 Å². The molecule has 0 bridgehead atoms. The van der Waals surface area contributed by atoms with Gasteiger partial charge >= 0.3 is 0 Å². The lowest BCUT2D eigenvalue weighted by molar-refractivity contribution is 0.601. The van der Waals surface area contributed by atoms with E-state index in [2.05, 4.69) is 35.7 Å². The first-order valence-electron chi connectivity index (χ1n) is 4.46. The molecular weight excluding hydrogens is 310 g/mol. The summed E-state index contributed by atoms with van der Waals surface area (Å²) in [4.78, 5) is 7.81. The highest BCUT2D eigenvalue weighted by Crippen LogP contribution is 2.13. The first-order chi connectivity index (χ1) is 7.97. The number of nitrogens with one attached hydrogen (secondary N) is 1. The number of anilines is 1. The third-order valence-electron chi connectivity index (χ3n) is 1.85. The average molecular weight is 318 g/mol. The van der Waals surface area contributed by atoms with E-state index in [0.29, 0.717) is 4.60 Å². The molecule has 7 nitrogen and oxygen atoms in total. The van der Waals surface area contributed by atoms with E-state index in [-0.39, 0.29) is 10.7 Å². The van der Waals surface area contributed by atoms with Gasteiger partial charge in [0.25, 0.3) is 10.0 Å². The smallest absolute Gasteiger partial charge is 0.266 e. The van der Waals surface area contributed by atoms with E-state index in [1.807, 2.05) is 0 Å². The van der Waals surface area contributed by atoms with Crippen LogP contribution in [-0.4, -0.2) is 28.2 Å². The van der Waals surface area contributed by atoms with Crippen molar-refractivity contribution in [1.82, 2.24) is 19.7 Å². The van der Waals surface area contributed by atoms with Gasteiger partial charge in [0.1, 0.15) is 9.50 Å². The monoisotopic (exact) mass is 317 g/mol. The summed E-state index contributed by atoms with van der Waals surface area (Å²) in [6, 6.07) is 0. The Morgan fingerprint density at radius 1 is 1.29 bits per heavy atom. The maximum absolute atomic E-state index is 11.9. The largest absolute Gasteiger partial charge is 0.274 e. The Kier molecular flexibility index (Phi) is 3.11. The number of nitrogens with zero attached hydrogens (tertiary/aromatic N) is 4. The van der Waals surface area contributed by atoms with Crippen LogP contribution in [0.1, 0.15) is 0 Å². The highest BCUT2D eigenvalue weighted by Gasteiger charge is 2.16. The average Bonchev–Trinajstić information content (AvgIpc) is 2.69. The van der Waals surface area contributed by atoms with Gasteiger partial charge in [-0.15, -0.1) is 0 Å². The van der Waals surface area contributed by atoms with Gasteiger partial charge in [-0.05, 0) is 15.9 Å². The van der Waals surface area contributed by atoms with Gasteiger partial charge in [0.2, 0.25) is 0 Å². The molecule has 0 aliphatic carbocycles. The summed E-state index contributed by atoms with van der Waals surface area (Å²) in [5.41, 5.74) is 0. The number of aromatic nitrogens is 4. The van der Waals surface area contributed by atoms with Crippen molar-refractivity contribution in [3.05, 3.63) is 29.4 Å². The molecule has 0 unspecified atom stereocenters. The van der Waals surface area contributed by atoms with Crippen LogP contribution in [0.4, 0.5) is 5.82 Å². The molecule has 0 saturated heterocycles. The molecule has 0 aliphatic heterocycles. The Hall–Kier alpha value is -1.48. The van der Waals surface area contributed by atoms with Gasteiger partial charge in [0, 0.05) is 13.2 Å². The molecule has 9 heteroatoms. The fourth-order valence-corrected chi connectivity index (χ4v) is 2.28. The Balaban J connectivity index is 2.26. The number of aryl methyl sites for hydroxylation is 1. The fourth-order valence-electron chi connectivity index (χ4n) is 1.10. The molecule has 0 aliphatic rings. The van der Waals surface area contributed by atoms with E-state index in [4.69, 9.17) is 0 Å². The van der Waals surface area contributed by atoms with E-state index in [0.717, 1.165) is 0 Å². The molecule has 0 fully saturated rings. The van der Waals surface area contributed by atoms with Crippen LogP contribution >= 0.6 is 15.9 Å². The molecule has 2 aromatic rings. The van der Waals surface area contributed by atoms with Crippen LogP contribution in [0.5, 0.6) is 0 Å². The zero-order chi connectivity index (χ0) is 12.5. The van der Waals surface area contributed by atoms with E-state index >= 15 is 0 Å². The molecule has 17 heavy (non-hydrogen) atoms. The third kappa shape index (κ3) is 2.80. The number of halogens is 1. The second kappa shape index (κ2) is 4.41. The lowest BCUT2D eigenvalue weighted by Gasteiger charge is -2.04. The first kappa shape index (κ1) is 12.0. The molecule has 90 valence electrons. The van der Waals surface area contributed by atoms with Crippen molar-refractivity contribution in [2.24, 2.45) is 7.05 Å². The van der Waals surface area contributed by atoms with Crippen LogP contribution in [-0.2, 0) is 17.1 Å². The third-order valence-corrected chi connectivity index (χ3v) is 3.57. The van der Waals surface area contributed by atoms with Crippen LogP contribution in [0, 0.1) is 0 Å². The zero-order valence-corrected chi connectivity index (χ0v) is 11.1. The van der Waals surface area contributed by atoms with Crippen molar-refractivity contribution in [2.45, 2.75) is 4.90 Å². The molecule has 0 radical (unpaired) electrons. The molecule has 0 spiro atoms. The summed E-state index contributed by atoms with van der Waals surface area (Å²) in [5.74, 6) is 0.150. The molecule has 1 N–H and O–H groups in total. The minimum atomic E-state index is -3.66. The summed E-state index contributed by atoms with van der Waals surface area (Å²) in [7, 11) is -2.02. The summed E-state index contributed by atoms with van der Waals surface area (Å²) < 4.78 is 27.9. The maximum Gasteiger partial charge on any atom is 0.266 e. The van der Waals surface area contributed by atoms with Crippen molar-refractivity contribution >= 4 is 31.8 Å². The van der Waals surface area contributed by atoms with Gasteiger partial charge in [0.15, 0.2) is 5.82 Å². The molecule has 2 aromatic heterocycles. The standard InChI is InChI=1S/C8H8BrN5O2S/c1-14-5-6(2-12-14)17(15,16)13-8-4-10-7(9)3-11-8/h2-5H,1H3,(H,11,13). The Morgan fingerprint density at radius 3 is 2.59 bits per heavy atom. The molecule has 2 heterocycles. The van der Waals surface area contributed by atoms with Gasteiger partial charge in [0.05, 0.1) is 18.6 Å². The van der Waals surface area contributed by atoms with Gasteiger partial charge in [-0.3, -0.25) is 9.40 Å². The number of hydrogen-bond donors (Lipinski definition) is 1. The van der Waals surface area contributed by atoms with E-state index in [9.17, 15) is 8.42 Å². The number of sulfonamides is 1. The normalized spacial score (nSPS) is 11.4. The molecule has 0 saturated carbocycles. The molecule has 0 amide bonds. The second-order valence-corrected chi connectivity index (χ2v) is 5.67. The van der Waals surface area contributed by atoms with Crippen LogP contribution < -0.4 is 4.72 Å². The first-order valence-corrected chi connectivity index (χ1v) is 6.74. The SMILES string of the molecule is Cn1cc(S(=O)(=O)Nc2cnc(Br)cn2)cn1. The summed E-state index contributed by atoms with van der Waals surface area (Å²) in [5, 5.41) is 3.79. The Bertz CT molecular complexity index is 622. The lowest BCUT2D eigenvalue weighted by atomic mass is 10.7. The van der Waals surface area contributed by atoms with Gasteiger partial charge in [-0.1, -0.05) is 0 Å². The predicted molar refractivity (Wildman–Crippen MR) is 63.7 cm³/mol. The zero-order valence-electron chi connectivity index (χ0n) is 8.70. The molecule has 0 atom stereocenters. The predicted octanol–water partition coefficient (Wildman–Crippen LogP) is 0.773. The number of rotatable bonds is 3. The van der Waals surface area contributed by atoms with Gasteiger partial charge in [-0.2, -0.15) is 5.10 Å². The Morgan fingerprint density at radius 2 is 2.06 bits per heavy atom. The van der Waals surface area contributed by atoms with Crippen LogP contribution in [0.25, 0.3) is 0 Å². The molecule has 0 aromatic carbocycles. The molecule has 2 rings (SSSR count). The summed E-state index contributed by atoms with van der Waals surface area (Å²) >= 11 is 3.11. The topological polar surface area (TPSA) is 89.8 Å². The molecular formula is C8H8BrN5O2S. The fraction of sp³-hybridized carbons (Fsp3) is 0.125.